The minimum Gasteiger partial charge on any atom is -0.497 e. The van der Waals surface area contributed by atoms with Crippen molar-refractivity contribution in [3.05, 3.63) is 81.4 Å². The van der Waals surface area contributed by atoms with Crippen LogP contribution in [0.25, 0.3) is 0 Å². The van der Waals surface area contributed by atoms with Gasteiger partial charge in [0, 0.05) is 6.54 Å². The highest BCUT2D eigenvalue weighted by atomic mass is 16.5. The van der Waals surface area contributed by atoms with E-state index < -0.39 is 0 Å². The third-order valence-electron chi connectivity index (χ3n) is 5.82. The largest absolute Gasteiger partial charge is 0.497 e. The van der Waals surface area contributed by atoms with Crippen LogP contribution in [-0.4, -0.2) is 21.4 Å². The maximum atomic E-state index is 12.9. The van der Waals surface area contributed by atoms with Crippen molar-refractivity contribution in [1.82, 2.24) is 9.13 Å². The van der Waals surface area contributed by atoms with Crippen LogP contribution in [0, 0.1) is 0 Å². The minimum atomic E-state index is -0.153. The van der Waals surface area contributed by atoms with E-state index in [2.05, 4.69) is 45.0 Å². The lowest BCUT2D eigenvalue weighted by molar-refractivity contribution is 0.414. The summed E-state index contributed by atoms with van der Waals surface area (Å²) in [5, 5.41) is 10.9. The molecule has 3 aromatic rings. The van der Waals surface area contributed by atoms with Gasteiger partial charge in [0.2, 0.25) is 5.88 Å². The molecule has 0 saturated heterocycles. The predicted molar refractivity (Wildman–Crippen MR) is 125 cm³/mol. The maximum absolute atomic E-state index is 12.9. The van der Waals surface area contributed by atoms with Gasteiger partial charge in [-0.1, -0.05) is 57.2 Å². The van der Waals surface area contributed by atoms with E-state index in [1.165, 1.54) is 15.7 Å². The topological polar surface area (TPSA) is 56.4 Å². The highest BCUT2D eigenvalue weighted by molar-refractivity contribution is 5.30. The molecule has 0 aliphatic carbocycles. The van der Waals surface area contributed by atoms with Gasteiger partial charge < -0.3 is 9.84 Å². The Balaban J connectivity index is 1.75. The van der Waals surface area contributed by atoms with Crippen LogP contribution in [0.1, 0.15) is 56.5 Å². The fraction of sp³-hybridized carbons (Fsp3) is 0.423. The molecular formula is C26H34N2O3. The van der Waals surface area contributed by atoms with Crippen molar-refractivity contribution in [1.29, 1.82) is 0 Å². The zero-order valence-electron chi connectivity index (χ0n) is 19.3. The second-order valence-corrected chi connectivity index (χ2v) is 9.03. The van der Waals surface area contributed by atoms with Gasteiger partial charge in [0.1, 0.15) is 5.75 Å². The molecule has 0 amide bonds. The van der Waals surface area contributed by atoms with Crippen LogP contribution in [0.2, 0.25) is 0 Å². The number of aromatic hydroxyl groups is 1. The number of hydrogen-bond acceptors (Lipinski definition) is 3. The van der Waals surface area contributed by atoms with E-state index in [1.807, 2.05) is 31.2 Å². The summed E-state index contributed by atoms with van der Waals surface area (Å²) in [6, 6.07) is 16.3. The van der Waals surface area contributed by atoms with Gasteiger partial charge in [-0.25, -0.2) is 4.79 Å². The number of aryl methyl sites for hydroxylation is 1. The molecule has 0 spiro atoms. The molecule has 0 fully saturated rings. The predicted octanol–water partition coefficient (Wildman–Crippen LogP) is 4.91. The Hall–Kier alpha value is -2.95. The molecule has 31 heavy (non-hydrogen) atoms. The number of imidazole rings is 1. The van der Waals surface area contributed by atoms with E-state index >= 15 is 0 Å². The van der Waals surface area contributed by atoms with Crippen LogP contribution in [-0.2, 0) is 31.3 Å². The summed E-state index contributed by atoms with van der Waals surface area (Å²) in [6.07, 6.45) is 2.38. The Bertz CT molecular complexity index is 1050. The van der Waals surface area contributed by atoms with Crippen molar-refractivity contribution in [3.8, 4) is 11.6 Å². The van der Waals surface area contributed by atoms with E-state index in [4.69, 9.17) is 4.74 Å². The van der Waals surface area contributed by atoms with Gasteiger partial charge in [-0.15, -0.1) is 0 Å². The SMILES string of the molecule is CCn1c(CCCc2ccc(OC)cc2)c(O)n(Cc2ccc(C(C)(C)C)cc2)c1=O. The van der Waals surface area contributed by atoms with Crippen molar-refractivity contribution >= 4 is 0 Å². The van der Waals surface area contributed by atoms with Gasteiger partial charge in [0.25, 0.3) is 0 Å². The second kappa shape index (κ2) is 9.46. The van der Waals surface area contributed by atoms with E-state index in [0.29, 0.717) is 25.2 Å². The number of methoxy groups -OCH3 is 1. The molecule has 5 nitrogen and oxygen atoms in total. The Labute approximate surface area is 184 Å². The number of hydrogen-bond donors (Lipinski definition) is 1. The van der Waals surface area contributed by atoms with Gasteiger partial charge in [0.05, 0.1) is 19.3 Å². The first-order valence-electron chi connectivity index (χ1n) is 11.0. The first kappa shape index (κ1) is 22.7. The molecule has 1 heterocycles. The first-order chi connectivity index (χ1) is 14.7. The maximum Gasteiger partial charge on any atom is 0.331 e. The first-order valence-corrected chi connectivity index (χ1v) is 11.0. The Morgan fingerprint density at radius 1 is 0.903 bits per heavy atom. The van der Waals surface area contributed by atoms with Crippen molar-refractivity contribution in [2.45, 2.75) is 65.5 Å². The summed E-state index contributed by atoms with van der Waals surface area (Å²) in [5.74, 6) is 0.926. The third-order valence-corrected chi connectivity index (χ3v) is 5.82. The van der Waals surface area contributed by atoms with Crippen LogP contribution in [0.15, 0.2) is 53.3 Å². The van der Waals surface area contributed by atoms with Gasteiger partial charge in [-0.2, -0.15) is 0 Å². The van der Waals surface area contributed by atoms with Gasteiger partial charge >= 0.3 is 5.69 Å². The van der Waals surface area contributed by atoms with E-state index in [-0.39, 0.29) is 17.0 Å². The smallest absolute Gasteiger partial charge is 0.331 e. The molecule has 2 aromatic carbocycles. The number of benzene rings is 2. The molecule has 0 aliphatic rings. The van der Waals surface area contributed by atoms with E-state index in [9.17, 15) is 9.90 Å². The fourth-order valence-corrected chi connectivity index (χ4v) is 3.89. The van der Waals surface area contributed by atoms with E-state index in [0.717, 1.165) is 24.2 Å². The summed E-state index contributed by atoms with van der Waals surface area (Å²) in [5.41, 5.74) is 4.11. The second-order valence-electron chi connectivity index (χ2n) is 9.03. The van der Waals surface area contributed by atoms with Crippen molar-refractivity contribution < 1.29 is 9.84 Å². The van der Waals surface area contributed by atoms with Gasteiger partial charge in [-0.3, -0.25) is 9.13 Å². The molecule has 0 aliphatic heterocycles. The average molecular weight is 423 g/mol. The Morgan fingerprint density at radius 3 is 2.06 bits per heavy atom. The summed E-state index contributed by atoms with van der Waals surface area (Å²) in [7, 11) is 1.66. The quantitative estimate of drug-likeness (QED) is 0.561. The standard InChI is InChI=1S/C26H34N2O3/c1-6-27-23(9-7-8-19-12-16-22(31-5)17-13-19)24(29)28(25(27)30)18-20-10-14-21(15-11-20)26(2,3)4/h10-17,29H,6-9,18H2,1-5H3. The number of ether oxygens (including phenoxy) is 1. The van der Waals surface area contributed by atoms with Crippen molar-refractivity contribution in [2.75, 3.05) is 7.11 Å². The fourth-order valence-electron chi connectivity index (χ4n) is 3.89. The molecular weight excluding hydrogens is 388 g/mol. The summed E-state index contributed by atoms with van der Waals surface area (Å²) in [4.78, 5) is 12.9. The minimum absolute atomic E-state index is 0.0834. The van der Waals surface area contributed by atoms with Crippen LogP contribution >= 0.6 is 0 Å². The highest BCUT2D eigenvalue weighted by Crippen LogP contribution is 2.24. The van der Waals surface area contributed by atoms with Crippen LogP contribution < -0.4 is 10.4 Å². The lowest BCUT2D eigenvalue weighted by atomic mass is 9.87. The molecule has 166 valence electrons. The summed E-state index contributed by atoms with van der Waals surface area (Å²) in [6.45, 7) is 9.39. The average Bonchev–Trinajstić information content (AvgIpc) is 2.97. The van der Waals surface area contributed by atoms with E-state index in [1.54, 1.807) is 11.7 Å². The number of aromatic nitrogens is 2. The molecule has 0 unspecified atom stereocenters. The van der Waals surface area contributed by atoms with Crippen molar-refractivity contribution in [3.63, 3.8) is 0 Å². The van der Waals surface area contributed by atoms with Crippen LogP contribution in [0.3, 0.4) is 0 Å². The normalized spacial score (nSPS) is 11.6. The Kier molecular flexibility index (Phi) is 6.94. The lowest BCUT2D eigenvalue weighted by Crippen LogP contribution is -2.25. The third kappa shape index (κ3) is 5.22. The van der Waals surface area contributed by atoms with Gasteiger partial charge in [-0.05, 0) is 60.4 Å². The van der Waals surface area contributed by atoms with Crippen LogP contribution in [0.4, 0.5) is 0 Å². The molecule has 5 heteroatoms. The van der Waals surface area contributed by atoms with Crippen LogP contribution in [0.5, 0.6) is 11.6 Å². The molecule has 0 saturated carbocycles. The van der Waals surface area contributed by atoms with Crippen molar-refractivity contribution in [2.24, 2.45) is 0 Å². The Morgan fingerprint density at radius 2 is 1.52 bits per heavy atom. The molecule has 0 bridgehead atoms. The zero-order chi connectivity index (χ0) is 22.6. The number of rotatable bonds is 8. The number of nitrogens with zero attached hydrogens (tertiary/aromatic N) is 2. The molecule has 3 rings (SSSR count). The molecule has 1 N–H and O–H groups in total. The molecule has 0 radical (unpaired) electrons. The summed E-state index contributed by atoms with van der Waals surface area (Å²) >= 11 is 0. The zero-order valence-corrected chi connectivity index (χ0v) is 19.3. The molecule has 0 atom stereocenters. The lowest BCUT2D eigenvalue weighted by Gasteiger charge is -2.19. The molecule has 1 aromatic heterocycles. The highest BCUT2D eigenvalue weighted by Gasteiger charge is 2.19. The monoisotopic (exact) mass is 422 g/mol. The van der Waals surface area contributed by atoms with Gasteiger partial charge in [0.15, 0.2) is 0 Å². The summed E-state index contributed by atoms with van der Waals surface area (Å²) < 4.78 is 8.37.